The quantitative estimate of drug-likeness (QED) is 0.0258. The summed E-state index contributed by atoms with van der Waals surface area (Å²) in [5.74, 6) is -12.6. The number of nitrogens with zero attached hydrogens (tertiary/aromatic N) is 4. The second-order valence-electron chi connectivity index (χ2n) is 21.4. The predicted molar refractivity (Wildman–Crippen MR) is 308 cm³/mol. The van der Waals surface area contributed by atoms with Gasteiger partial charge in [-0.1, -0.05) is 41.0 Å². The third-order valence-corrected chi connectivity index (χ3v) is 18.1. The summed E-state index contributed by atoms with van der Waals surface area (Å²) in [5, 5.41) is 25.7. The Bertz CT molecular complexity index is 2810. The molecular formula is C55H80F4N8O19S2. The van der Waals surface area contributed by atoms with Crippen molar-refractivity contribution in [2.75, 3.05) is 75.7 Å². The van der Waals surface area contributed by atoms with Gasteiger partial charge in [-0.2, -0.15) is 51.1 Å². The molecule has 4 aliphatic rings. The van der Waals surface area contributed by atoms with Gasteiger partial charge in [0.05, 0.1) is 32.0 Å². The van der Waals surface area contributed by atoms with Crippen LogP contribution in [0.5, 0.6) is 0 Å². The third-order valence-electron chi connectivity index (χ3n) is 14.8. The molecule has 2 saturated carbocycles. The molecule has 2 aliphatic heterocycles. The monoisotopic (exact) mass is 1300 g/mol. The number of amides is 2. The molecule has 27 nitrogen and oxygen atoms in total. The highest BCUT2D eigenvalue weighted by atomic mass is 32.2. The number of anilines is 2. The van der Waals surface area contributed by atoms with E-state index >= 15 is 0 Å². The molecule has 2 aromatic rings. The van der Waals surface area contributed by atoms with E-state index < -0.39 is 135 Å². The number of thioether (sulfide) groups is 2. The summed E-state index contributed by atoms with van der Waals surface area (Å²) in [7, 11) is 0. The van der Waals surface area contributed by atoms with Crippen LogP contribution in [0.1, 0.15) is 112 Å². The van der Waals surface area contributed by atoms with E-state index in [2.05, 4.69) is 34.4 Å². The average molecular weight is 1300 g/mol. The van der Waals surface area contributed by atoms with Gasteiger partial charge >= 0.3 is 47.1 Å². The van der Waals surface area contributed by atoms with Gasteiger partial charge in [0, 0.05) is 72.7 Å². The molecule has 12 atom stereocenters. The number of nitrogens with two attached hydrogens (primary N) is 2. The van der Waals surface area contributed by atoms with E-state index in [0.29, 0.717) is 21.3 Å². The number of hydrogen-bond acceptors (Lipinski definition) is 25. The summed E-state index contributed by atoms with van der Waals surface area (Å²) >= 11 is 3.02. The molecule has 2 saturated heterocycles. The van der Waals surface area contributed by atoms with Crippen molar-refractivity contribution < 1.29 is 99.3 Å². The molecule has 0 radical (unpaired) electrons. The fraction of sp³-hybridized carbons (Fsp3) is 0.709. The molecule has 2 aliphatic carbocycles. The Kier molecular flexibility index (Phi) is 29.7. The zero-order chi connectivity index (χ0) is 64.2. The Balaban J connectivity index is 0.00000222. The van der Waals surface area contributed by atoms with Gasteiger partial charge < -0.3 is 65.5 Å². The predicted octanol–water partition coefficient (Wildman–Crippen LogP) is 2.31. The lowest BCUT2D eigenvalue weighted by atomic mass is 9.77. The summed E-state index contributed by atoms with van der Waals surface area (Å²) < 4.78 is 95.1. The Morgan fingerprint density at radius 3 is 1.48 bits per heavy atom. The molecule has 4 fully saturated rings. The number of ketones is 2. The van der Waals surface area contributed by atoms with Gasteiger partial charge in [-0.25, -0.2) is 19.2 Å². The topological polar surface area (TPSA) is 388 Å². The van der Waals surface area contributed by atoms with Crippen molar-refractivity contribution in [3.8, 4) is 0 Å². The van der Waals surface area contributed by atoms with Crippen LogP contribution in [0.4, 0.5) is 29.2 Å². The van der Waals surface area contributed by atoms with Crippen molar-refractivity contribution >= 4 is 82.4 Å². The number of ether oxygens (including phenoxy) is 7. The van der Waals surface area contributed by atoms with Crippen LogP contribution in [0.15, 0.2) is 34.1 Å². The number of halogens is 4. The summed E-state index contributed by atoms with van der Waals surface area (Å²) in [6.45, 7) is 3.94. The second-order valence-corrected chi connectivity index (χ2v) is 23.9. The van der Waals surface area contributed by atoms with Crippen LogP contribution in [0, 0.1) is 23.7 Å². The lowest BCUT2D eigenvalue weighted by Gasteiger charge is -2.37. The molecule has 4 heterocycles. The number of esters is 4. The van der Waals surface area contributed by atoms with Crippen LogP contribution in [-0.2, 0) is 71.5 Å². The van der Waals surface area contributed by atoms with Gasteiger partial charge in [-0.3, -0.25) is 37.9 Å². The summed E-state index contributed by atoms with van der Waals surface area (Å²) in [6.07, 6.45) is -7.13. The normalized spacial score (nSPS) is 24.5. The van der Waals surface area contributed by atoms with E-state index in [-0.39, 0.29) is 105 Å². The average Bonchev–Trinajstić information content (AvgIpc) is 2.74. The van der Waals surface area contributed by atoms with Crippen LogP contribution in [0.3, 0.4) is 0 Å². The van der Waals surface area contributed by atoms with E-state index in [0.717, 1.165) is 49.2 Å². The Hall–Kier alpha value is -6.26. The first-order valence-corrected chi connectivity index (χ1v) is 30.3. The van der Waals surface area contributed by atoms with Crippen molar-refractivity contribution in [2.45, 2.75) is 159 Å². The molecule has 494 valence electrons. The van der Waals surface area contributed by atoms with Crippen molar-refractivity contribution in [3.05, 3.63) is 45.5 Å². The van der Waals surface area contributed by atoms with Crippen molar-refractivity contribution in [1.82, 2.24) is 29.7 Å². The SMILES string of the molecule is C.CC1CCC1C.CCC(CSC1CCC1SCC(CC(=O)CCOCCC(C)=O)C(=O)NCCC(=O)OCC(=O)OC[C@@H]1O[C@H](n2ccc(N)nc2=O)C(F)(F)[C@H]1O)C(=O)NCCC(=O)OCC(=O)OC[C@@H]1O[C@H](n2ccc(N)nc2=O)C(F)(F)[C@H]1O. The molecule has 2 amide bonds. The van der Waals surface area contributed by atoms with Gasteiger partial charge in [0.15, 0.2) is 25.4 Å². The lowest BCUT2D eigenvalue weighted by Crippen LogP contribution is -2.42. The molecule has 0 bridgehead atoms. The van der Waals surface area contributed by atoms with E-state index in [1.165, 1.54) is 31.5 Å². The Morgan fingerprint density at radius 1 is 0.670 bits per heavy atom. The first-order valence-electron chi connectivity index (χ1n) is 28.2. The van der Waals surface area contributed by atoms with Crippen LogP contribution < -0.4 is 33.5 Å². The van der Waals surface area contributed by atoms with Gasteiger partial charge in [0.2, 0.25) is 24.3 Å². The maximum Gasteiger partial charge on any atom is 0.351 e. The number of carbonyl (C=O) groups is 8. The molecule has 6 rings (SSSR count). The van der Waals surface area contributed by atoms with Gasteiger partial charge in [-0.05, 0) is 50.2 Å². The second kappa shape index (κ2) is 35.2. The highest BCUT2D eigenvalue weighted by Gasteiger charge is 2.61. The summed E-state index contributed by atoms with van der Waals surface area (Å²) in [6, 6.07) is 2.13. The molecule has 0 aromatic carbocycles. The molecule has 0 spiro atoms. The first-order chi connectivity index (χ1) is 41.1. The minimum atomic E-state index is -4.01. The number of hydrogen-bond donors (Lipinski definition) is 6. The van der Waals surface area contributed by atoms with Crippen molar-refractivity contribution in [1.29, 1.82) is 0 Å². The maximum absolute atomic E-state index is 14.8. The zero-order valence-electron chi connectivity index (χ0n) is 48.5. The molecule has 33 heteroatoms. The molecule has 8 N–H and O–H groups in total. The number of aromatic nitrogens is 4. The fourth-order valence-corrected chi connectivity index (χ4v) is 12.2. The van der Waals surface area contributed by atoms with E-state index in [1.807, 2.05) is 6.92 Å². The van der Waals surface area contributed by atoms with E-state index in [4.69, 9.17) is 44.6 Å². The number of nitrogen functional groups attached to an aromatic ring is 2. The number of alkyl halides is 4. The first kappa shape index (κ1) is 74.2. The summed E-state index contributed by atoms with van der Waals surface area (Å²) in [5.41, 5.74) is 8.44. The fourth-order valence-electron chi connectivity index (χ4n) is 8.76. The highest BCUT2D eigenvalue weighted by Crippen LogP contribution is 2.44. The van der Waals surface area contributed by atoms with Crippen LogP contribution in [-0.4, -0.2) is 188 Å². The minimum Gasteiger partial charge on any atom is -0.460 e. The third kappa shape index (κ3) is 22.0. The number of nitrogens with one attached hydrogen (secondary N) is 2. The Morgan fingerprint density at radius 2 is 1.09 bits per heavy atom. The van der Waals surface area contributed by atoms with Crippen LogP contribution in [0.25, 0.3) is 0 Å². The van der Waals surface area contributed by atoms with Gasteiger partial charge in [0.1, 0.15) is 48.6 Å². The maximum atomic E-state index is 14.8. The number of rotatable bonds is 33. The standard InChI is InChI=1S/C48H64F4N8O19S2.C6H12.CH4/c1-3-26(41(69)55-12-6-35(63)76-21-37(65)74-19-29-39(67)47(49,50)43(78-29)59-14-8-33(53)57-45(59)71)23-80-31-4-5-32(31)81-24-27(18-28(62)11-17-73-16-10-25(2)61)42(70)56-13-7-36(64)77-22-38(66)75-20-30-40(68)48(51,52)44(79-30)60-15-9-34(54)58-46(60)72;1-5-3-4-6(5)2;/h8-9,14-15,26-27,29-32,39-40,43-44,67-68H,3-7,10-13,16-24H2,1-2H3,(H,55,69)(H,56,70)(H2,53,57,71)(H2,54,58,72);5-6H,3-4H2,1-2H3;1H4/t26?,27?,29-,30-,31?,32?,39-,40-,43-,44-;;/m0../s1. The van der Waals surface area contributed by atoms with Crippen LogP contribution >= 0.6 is 23.5 Å². The number of carbonyl (C=O) groups excluding carboxylic acids is 8. The number of Topliss-reactive ketones (excluding diaryl/α,β-unsaturated/α-hetero) is 2. The van der Waals surface area contributed by atoms with E-state index in [1.54, 1.807) is 11.8 Å². The molecular weight excluding hydrogens is 1220 g/mol. The lowest BCUT2D eigenvalue weighted by molar-refractivity contribution is -0.162. The van der Waals surface area contributed by atoms with Gasteiger partial charge in [-0.15, -0.1) is 0 Å². The van der Waals surface area contributed by atoms with E-state index in [9.17, 15) is 75.7 Å². The highest BCUT2D eigenvalue weighted by molar-refractivity contribution is 8.04. The zero-order valence-corrected chi connectivity index (χ0v) is 50.1. The smallest absolute Gasteiger partial charge is 0.351 e. The molecule has 2 aromatic heterocycles. The van der Waals surface area contributed by atoms with Crippen molar-refractivity contribution in [3.63, 3.8) is 0 Å². The van der Waals surface area contributed by atoms with Gasteiger partial charge in [0.25, 0.3) is 0 Å². The minimum absolute atomic E-state index is 0. The molecule has 6 unspecified atom stereocenters. The van der Waals surface area contributed by atoms with Crippen LogP contribution in [0.2, 0.25) is 0 Å². The summed E-state index contributed by atoms with van der Waals surface area (Å²) in [4.78, 5) is 131. The van der Waals surface area contributed by atoms with Crippen molar-refractivity contribution in [2.24, 2.45) is 23.7 Å². The Labute approximate surface area is 513 Å². The number of aliphatic hydroxyl groups excluding tert-OH is 2. The molecule has 88 heavy (non-hydrogen) atoms. The number of aliphatic hydroxyl groups is 2. The largest absolute Gasteiger partial charge is 0.460 e.